The second kappa shape index (κ2) is 7.46. The Labute approximate surface area is 162 Å². The highest BCUT2D eigenvalue weighted by Gasteiger charge is 2.23. The molecule has 0 bridgehead atoms. The van der Waals surface area contributed by atoms with Gasteiger partial charge in [-0.2, -0.15) is 0 Å². The summed E-state index contributed by atoms with van der Waals surface area (Å²) in [5, 5.41) is 0.869. The Hall–Kier alpha value is -3.16. The lowest BCUT2D eigenvalue weighted by molar-refractivity contribution is 0.170. The van der Waals surface area contributed by atoms with Gasteiger partial charge in [0.25, 0.3) is 0 Å². The molecule has 3 aromatic heterocycles. The third kappa shape index (κ3) is 3.49. The zero-order valence-electron chi connectivity index (χ0n) is 16.3. The molecule has 1 aliphatic rings. The largest absolute Gasteiger partial charge is 0.489 e. The summed E-state index contributed by atoms with van der Waals surface area (Å²) in [6.07, 6.45) is 5.20. The van der Waals surface area contributed by atoms with Crippen molar-refractivity contribution in [1.29, 1.82) is 0 Å². The lowest BCUT2D eigenvalue weighted by Gasteiger charge is -2.33. The summed E-state index contributed by atoms with van der Waals surface area (Å²) in [5.74, 6) is 2.24. The van der Waals surface area contributed by atoms with Crippen LogP contribution in [0.15, 0.2) is 35.4 Å². The van der Waals surface area contributed by atoms with Gasteiger partial charge in [0.15, 0.2) is 0 Å². The summed E-state index contributed by atoms with van der Waals surface area (Å²) >= 11 is 0. The highest BCUT2D eigenvalue weighted by molar-refractivity contribution is 5.77. The van der Waals surface area contributed by atoms with Gasteiger partial charge in [0.1, 0.15) is 23.3 Å². The Balaban J connectivity index is 1.48. The average Bonchev–Trinajstić information content (AvgIpc) is 2.72. The third-order valence-electron chi connectivity index (χ3n) is 5.08. The van der Waals surface area contributed by atoms with Crippen LogP contribution in [0.2, 0.25) is 0 Å². The lowest BCUT2D eigenvalue weighted by Crippen LogP contribution is -2.39. The van der Waals surface area contributed by atoms with Crippen LogP contribution >= 0.6 is 0 Å². The van der Waals surface area contributed by atoms with E-state index in [1.165, 1.54) is 4.57 Å². The standard InChI is InChI=1S/C20H23N5O3/c1-13-10-14-11-22-20(26)24(2)19(14)23-18(13)25-8-6-15(7-9-25)28-16-4-5-17(27-3)21-12-16/h4-5,10-12,15H,6-9H2,1-3H3. The molecular formula is C20H23N5O3. The van der Waals surface area contributed by atoms with Crippen molar-refractivity contribution in [1.82, 2.24) is 19.5 Å². The molecule has 28 heavy (non-hydrogen) atoms. The van der Waals surface area contributed by atoms with Gasteiger partial charge in [-0.15, -0.1) is 0 Å². The van der Waals surface area contributed by atoms with Gasteiger partial charge < -0.3 is 14.4 Å². The molecule has 0 atom stereocenters. The van der Waals surface area contributed by atoms with Crippen LogP contribution in [0.4, 0.5) is 5.82 Å². The Morgan fingerprint density at radius 1 is 1.14 bits per heavy atom. The fraction of sp³-hybridized carbons (Fsp3) is 0.400. The van der Waals surface area contributed by atoms with E-state index >= 15 is 0 Å². The number of aromatic nitrogens is 4. The molecule has 4 rings (SSSR count). The van der Waals surface area contributed by atoms with Crippen LogP contribution in [0.1, 0.15) is 18.4 Å². The molecule has 1 aliphatic heterocycles. The molecule has 0 amide bonds. The van der Waals surface area contributed by atoms with Crippen LogP contribution in [-0.4, -0.2) is 45.8 Å². The van der Waals surface area contributed by atoms with E-state index in [1.54, 1.807) is 32.6 Å². The van der Waals surface area contributed by atoms with Gasteiger partial charge in [-0.1, -0.05) is 0 Å². The maximum Gasteiger partial charge on any atom is 0.348 e. The number of aryl methyl sites for hydroxylation is 2. The molecule has 0 saturated carbocycles. The predicted molar refractivity (Wildman–Crippen MR) is 106 cm³/mol. The zero-order chi connectivity index (χ0) is 19.7. The summed E-state index contributed by atoms with van der Waals surface area (Å²) in [4.78, 5) is 26.9. The molecule has 1 fully saturated rings. The fourth-order valence-electron chi connectivity index (χ4n) is 3.54. The normalized spacial score (nSPS) is 15.0. The van der Waals surface area contributed by atoms with E-state index in [-0.39, 0.29) is 11.8 Å². The van der Waals surface area contributed by atoms with Crippen molar-refractivity contribution in [2.75, 3.05) is 25.1 Å². The molecular weight excluding hydrogens is 358 g/mol. The van der Waals surface area contributed by atoms with Gasteiger partial charge in [-0.25, -0.2) is 19.7 Å². The Bertz CT molecular complexity index is 1040. The number of ether oxygens (including phenoxy) is 2. The number of methoxy groups -OCH3 is 1. The first kappa shape index (κ1) is 18.2. The summed E-state index contributed by atoms with van der Waals surface area (Å²) in [5.41, 5.74) is 1.44. The number of rotatable bonds is 4. The molecule has 0 aliphatic carbocycles. The minimum atomic E-state index is -0.296. The number of anilines is 1. The molecule has 146 valence electrons. The smallest absolute Gasteiger partial charge is 0.348 e. The number of fused-ring (bicyclic) bond motifs is 1. The van der Waals surface area contributed by atoms with E-state index in [4.69, 9.17) is 14.5 Å². The summed E-state index contributed by atoms with van der Waals surface area (Å²) in [6, 6.07) is 5.71. The monoisotopic (exact) mass is 381 g/mol. The first-order valence-corrected chi connectivity index (χ1v) is 9.30. The molecule has 0 unspecified atom stereocenters. The highest BCUT2D eigenvalue weighted by Crippen LogP contribution is 2.26. The van der Waals surface area contributed by atoms with Gasteiger partial charge in [-0.05, 0) is 24.6 Å². The topological polar surface area (TPSA) is 82.4 Å². The summed E-state index contributed by atoms with van der Waals surface area (Å²) in [6.45, 7) is 3.72. The lowest BCUT2D eigenvalue weighted by atomic mass is 10.1. The maximum absolute atomic E-state index is 11.8. The second-order valence-corrected chi connectivity index (χ2v) is 6.98. The van der Waals surface area contributed by atoms with Gasteiger partial charge in [0.05, 0.1) is 13.3 Å². The molecule has 8 nitrogen and oxygen atoms in total. The molecule has 0 spiro atoms. The number of hydrogen-bond donors (Lipinski definition) is 0. The van der Waals surface area contributed by atoms with Crippen molar-refractivity contribution < 1.29 is 9.47 Å². The Kier molecular flexibility index (Phi) is 4.85. The van der Waals surface area contributed by atoms with E-state index in [1.807, 2.05) is 19.1 Å². The Morgan fingerprint density at radius 3 is 2.61 bits per heavy atom. The van der Waals surface area contributed by atoms with Crippen molar-refractivity contribution in [3.8, 4) is 11.6 Å². The van der Waals surface area contributed by atoms with Crippen LogP contribution in [0.25, 0.3) is 11.0 Å². The maximum atomic E-state index is 11.8. The minimum Gasteiger partial charge on any atom is -0.489 e. The molecule has 0 radical (unpaired) electrons. The van der Waals surface area contributed by atoms with E-state index in [2.05, 4.69) is 14.9 Å². The quantitative estimate of drug-likeness (QED) is 0.684. The number of nitrogens with zero attached hydrogens (tertiary/aromatic N) is 5. The van der Waals surface area contributed by atoms with Gasteiger partial charge in [0, 0.05) is 50.6 Å². The van der Waals surface area contributed by atoms with E-state index in [0.29, 0.717) is 11.5 Å². The van der Waals surface area contributed by atoms with Crippen molar-refractivity contribution >= 4 is 16.9 Å². The molecule has 8 heteroatoms. The van der Waals surface area contributed by atoms with Crippen molar-refractivity contribution in [3.05, 3.63) is 46.6 Å². The highest BCUT2D eigenvalue weighted by atomic mass is 16.5. The number of piperidine rings is 1. The van der Waals surface area contributed by atoms with Crippen molar-refractivity contribution in [2.45, 2.75) is 25.9 Å². The third-order valence-corrected chi connectivity index (χ3v) is 5.08. The van der Waals surface area contributed by atoms with Crippen molar-refractivity contribution in [3.63, 3.8) is 0 Å². The SMILES string of the molecule is COc1ccc(OC2CCN(c3nc4c(cnc(=O)n4C)cc3C)CC2)cn1. The Morgan fingerprint density at radius 2 is 1.93 bits per heavy atom. The van der Waals surface area contributed by atoms with E-state index in [9.17, 15) is 4.79 Å². The fourth-order valence-corrected chi connectivity index (χ4v) is 3.54. The van der Waals surface area contributed by atoms with Gasteiger partial charge >= 0.3 is 5.69 Å². The van der Waals surface area contributed by atoms with Gasteiger partial charge in [-0.3, -0.25) is 4.57 Å². The van der Waals surface area contributed by atoms with E-state index in [0.717, 1.165) is 48.4 Å². The zero-order valence-corrected chi connectivity index (χ0v) is 16.3. The van der Waals surface area contributed by atoms with Crippen molar-refractivity contribution in [2.24, 2.45) is 7.05 Å². The van der Waals surface area contributed by atoms with Gasteiger partial charge in [0.2, 0.25) is 5.88 Å². The van der Waals surface area contributed by atoms with E-state index < -0.39 is 0 Å². The van der Waals surface area contributed by atoms with Crippen LogP contribution in [0.5, 0.6) is 11.6 Å². The number of hydrogen-bond acceptors (Lipinski definition) is 7. The molecule has 1 saturated heterocycles. The molecule has 0 N–H and O–H groups in total. The predicted octanol–water partition coefficient (Wildman–Crippen LogP) is 2.09. The average molecular weight is 381 g/mol. The second-order valence-electron chi connectivity index (χ2n) is 6.98. The van der Waals surface area contributed by atoms with Crippen LogP contribution < -0.4 is 20.1 Å². The molecule has 4 heterocycles. The first-order valence-electron chi connectivity index (χ1n) is 9.30. The van der Waals surface area contributed by atoms with Crippen LogP contribution in [0.3, 0.4) is 0 Å². The molecule has 0 aromatic carbocycles. The van der Waals surface area contributed by atoms with Crippen LogP contribution in [-0.2, 0) is 7.05 Å². The molecule has 3 aromatic rings. The van der Waals surface area contributed by atoms with Crippen LogP contribution in [0, 0.1) is 6.92 Å². The number of pyridine rings is 2. The summed E-state index contributed by atoms with van der Waals surface area (Å²) in [7, 11) is 3.29. The summed E-state index contributed by atoms with van der Waals surface area (Å²) < 4.78 is 12.6. The minimum absolute atomic E-state index is 0.140. The first-order chi connectivity index (χ1) is 13.5.